The second-order valence-electron chi connectivity index (χ2n) is 3.44. The van der Waals surface area contributed by atoms with E-state index in [0.717, 1.165) is 6.55 Å². The van der Waals surface area contributed by atoms with Crippen molar-refractivity contribution in [3.8, 4) is 12.1 Å². The summed E-state index contributed by atoms with van der Waals surface area (Å²) >= 11 is 0. The van der Waals surface area contributed by atoms with Crippen LogP contribution < -0.4 is 0 Å². The highest BCUT2D eigenvalue weighted by Gasteiger charge is 2.49. The minimum Gasteiger partial charge on any atom is -0.270 e. The van der Waals surface area contributed by atoms with Gasteiger partial charge >= 0.3 is 8.74 Å². The van der Waals surface area contributed by atoms with Gasteiger partial charge in [0.25, 0.3) is 0 Å². The maximum absolute atomic E-state index is 13.2. The number of nitrogens with zero attached hydrogens (tertiary/aromatic N) is 2. The fraction of sp³-hybridized carbons (Fsp3) is 0.750. The van der Waals surface area contributed by atoms with Gasteiger partial charge in [-0.15, -0.1) is 0 Å². The van der Waals surface area contributed by atoms with Crippen LogP contribution in [0.2, 0.25) is 11.6 Å². The Morgan fingerprint density at radius 2 is 1.85 bits per heavy atom. The number of rotatable bonds is 4. The van der Waals surface area contributed by atoms with Crippen molar-refractivity contribution in [1.29, 1.82) is 10.5 Å². The molecule has 0 radical (unpaired) electrons. The third kappa shape index (κ3) is 3.12. The van der Waals surface area contributed by atoms with Gasteiger partial charge in [0.15, 0.2) is 0 Å². The Morgan fingerprint density at radius 1 is 1.31 bits per heavy atom. The van der Waals surface area contributed by atoms with Crippen LogP contribution >= 0.6 is 0 Å². The Hall–Kier alpha value is -0.943. The average molecular weight is 202 g/mol. The van der Waals surface area contributed by atoms with Gasteiger partial charge in [0.1, 0.15) is 0 Å². The van der Waals surface area contributed by atoms with Crippen molar-refractivity contribution >= 4 is 8.74 Å². The molecule has 0 bridgehead atoms. The Kier molecular flexibility index (Phi) is 4.02. The van der Waals surface area contributed by atoms with E-state index in [1.807, 2.05) is 6.07 Å². The van der Waals surface area contributed by atoms with E-state index in [0.29, 0.717) is 0 Å². The highest BCUT2D eigenvalue weighted by Crippen LogP contribution is 2.46. The summed E-state index contributed by atoms with van der Waals surface area (Å²) in [5.41, 5.74) is 0. The summed E-state index contributed by atoms with van der Waals surface area (Å²) in [6.45, 7) is 2.33. The van der Waals surface area contributed by atoms with Crippen LogP contribution in [0.25, 0.3) is 0 Å². The van der Waals surface area contributed by atoms with Crippen LogP contribution in [0.3, 0.4) is 0 Å². The fourth-order valence-corrected chi connectivity index (χ4v) is 1.92. The van der Waals surface area contributed by atoms with Crippen LogP contribution in [-0.2, 0) is 0 Å². The second kappa shape index (κ2) is 4.34. The highest BCUT2D eigenvalue weighted by atomic mass is 28.4. The molecule has 0 aromatic heterocycles. The molecule has 0 aliphatic rings. The first-order chi connectivity index (χ1) is 5.87. The standard InChI is InChI=1S/C8H12F2N2Si/c1-8(5-7-12,4-3-6-11)13(2,9)10/h3-5H2,1-2H3. The first kappa shape index (κ1) is 12.1. The van der Waals surface area contributed by atoms with Gasteiger partial charge < -0.3 is 0 Å². The van der Waals surface area contributed by atoms with Gasteiger partial charge in [0.05, 0.1) is 12.1 Å². The van der Waals surface area contributed by atoms with Gasteiger partial charge in [-0.05, 0) is 13.0 Å². The Balaban J connectivity index is 4.57. The molecule has 0 aromatic rings. The largest absolute Gasteiger partial charge is 0.428 e. The van der Waals surface area contributed by atoms with E-state index in [4.69, 9.17) is 10.5 Å². The van der Waals surface area contributed by atoms with Gasteiger partial charge in [-0.1, -0.05) is 6.92 Å². The zero-order chi connectivity index (χ0) is 10.5. The molecule has 0 saturated heterocycles. The molecule has 0 aromatic carbocycles. The van der Waals surface area contributed by atoms with Gasteiger partial charge in [0.2, 0.25) is 0 Å². The van der Waals surface area contributed by atoms with E-state index in [2.05, 4.69) is 0 Å². The van der Waals surface area contributed by atoms with Crippen molar-refractivity contribution < 1.29 is 8.22 Å². The zero-order valence-electron chi connectivity index (χ0n) is 7.77. The van der Waals surface area contributed by atoms with Crippen LogP contribution in [0.5, 0.6) is 0 Å². The summed E-state index contributed by atoms with van der Waals surface area (Å²) in [4.78, 5) is 0. The molecule has 0 rings (SSSR count). The fourth-order valence-electron chi connectivity index (χ4n) is 0.969. The molecular weight excluding hydrogens is 190 g/mol. The van der Waals surface area contributed by atoms with Crippen LogP contribution in [0.15, 0.2) is 0 Å². The second-order valence-corrected chi connectivity index (χ2v) is 6.43. The molecule has 0 saturated carbocycles. The summed E-state index contributed by atoms with van der Waals surface area (Å²) in [5, 5.41) is 15.5. The zero-order valence-corrected chi connectivity index (χ0v) is 8.77. The van der Waals surface area contributed by atoms with E-state index in [9.17, 15) is 8.22 Å². The summed E-state index contributed by atoms with van der Waals surface area (Å²) in [6, 6.07) is 3.60. The lowest BCUT2D eigenvalue weighted by atomic mass is 10.0. The third-order valence-electron chi connectivity index (χ3n) is 2.32. The van der Waals surface area contributed by atoms with Crippen molar-refractivity contribution in [2.45, 2.75) is 37.8 Å². The topological polar surface area (TPSA) is 47.6 Å². The summed E-state index contributed by atoms with van der Waals surface area (Å²) in [7, 11) is -4.34. The predicted molar refractivity (Wildman–Crippen MR) is 47.3 cm³/mol. The molecule has 0 spiro atoms. The Bertz CT molecular complexity index is 248. The normalized spacial score (nSPS) is 15.5. The first-order valence-corrected chi connectivity index (χ1v) is 6.25. The van der Waals surface area contributed by atoms with Crippen molar-refractivity contribution in [3.05, 3.63) is 0 Å². The molecule has 1 unspecified atom stereocenters. The lowest BCUT2D eigenvalue weighted by Gasteiger charge is -2.29. The molecule has 13 heavy (non-hydrogen) atoms. The summed E-state index contributed by atoms with van der Waals surface area (Å²) in [5.74, 6) is 0. The molecule has 0 N–H and O–H groups in total. The van der Waals surface area contributed by atoms with Crippen molar-refractivity contribution in [2.75, 3.05) is 0 Å². The first-order valence-electron chi connectivity index (χ1n) is 3.99. The van der Waals surface area contributed by atoms with Gasteiger partial charge in [-0.2, -0.15) is 10.5 Å². The molecule has 0 heterocycles. The molecule has 1 atom stereocenters. The van der Waals surface area contributed by atoms with E-state index in [1.54, 1.807) is 6.07 Å². The highest BCUT2D eigenvalue weighted by molar-refractivity contribution is 6.68. The molecule has 0 aliphatic carbocycles. The van der Waals surface area contributed by atoms with E-state index in [1.165, 1.54) is 6.92 Å². The van der Waals surface area contributed by atoms with Crippen LogP contribution in [0, 0.1) is 22.7 Å². The lowest BCUT2D eigenvalue weighted by molar-refractivity contribution is 0.439. The van der Waals surface area contributed by atoms with E-state index < -0.39 is 13.8 Å². The molecule has 0 fully saturated rings. The molecular formula is C8H12F2N2Si. The predicted octanol–water partition coefficient (Wildman–Crippen LogP) is 2.98. The number of nitriles is 2. The number of halogens is 2. The van der Waals surface area contributed by atoms with Gasteiger partial charge in [-0.3, -0.25) is 8.22 Å². The molecule has 0 amide bonds. The van der Waals surface area contributed by atoms with E-state index in [-0.39, 0.29) is 19.3 Å². The van der Waals surface area contributed by atoms with Gasteiger partial charge in [-0.25, -0.2) is 0 Å². The van der Waals surface area contributed by atoms with Crippen molar-refractivity contribution in [2.24, 2.45) is 0 Å². The minimum absolute atomic E-state index is 0.0919. The maximum Gasteiger partial charge on any atom is 0.428 e. The monoisotopic (exact) mass is 202 g/mol. The SMILES string of the molecule is CC(CC#N)(CCC#N)[Si](C)(F)F. The molecule has 0 aliphatic heterocycles. The Labute approximate surface area is 78.1 Å². The lowest BCUT2D eigenvalue weighted by Crippen LogP contribution is -2.35. The van der Waals surface area contributed by atoms with Crippen molar-refractivity contribution in [1.82, 2.24) is 0 Å². The Morgan fingerprint density at radius 3 is 2.15 bits per heavy atom. The molecule has 5 heteroatoms. The average Bonchev–Trinajstić information content (AvgIpc) is 1.99. The van der Waals surface area contributed by atoms with Crippen LogP contribution in [0.4, 0.5) is 8.22 Å². The van der Waals surface area contributed by atoms with Crippen LogP contribution in [-0.4, -0.2) is 8.74 Å². The van der Waals surface area contributed by atoms with Crippen molar-refractivity contribution in [3.63, 3.8) is 0 Å². The quantitative estimate of drug-likeness (QED) is 0.519. The third-order valence-corrected chi connectivity index (χ3v) is 4.86. The maximum atomic E-state index is 13.2. The summed E-state index contributed by atoms with van der Waals surface area (Å²) in [6.07, 6.45) is 0.0474. The number of hydrogen-bond acceptors (Lipinski definition) is 2. The number of hydrogen-bond donors (Lipinski definition) is 0. The van der Waals surface area contributed by atoms with E-state index >= 15 is 0 Å². The van der Waals surface area contributed by atoms with Crippen LogP contribution in [0.1, 0.15) is 26.2 Å². The summed E-state index contributed by atoms with van der Waals surface area (Å²) < 4.78 is 26.3. The molecule has 72 valence electrons. The van der Waals surface area contributed by atoms with Gasteiger partial charge in [0, 0.05) is 17.9 Å². The molecule has 2 nitrogen and oxygen atoms in total. The smallest absolute Gasteiger partial charge is 0.270 e. The minimum atomic E-state index is -4.34.